The first-order valence-electron chi connectivity index (χ1n) is 11.1. The minimum absolute atomic E-state index is 0.0322. The lowest BCUT2D eigenvalue weighted by atomic mass is 10.3. The average Bonchev–Trinajstić information content (AvgIpc) is 3.49. The van der Waals surface area contributed by atoms with Crippen LogP contribution >= 0.6 is 27.3 Å². The molecule has 0 atom stereocenters. The van der Waals surface area contributed by atoms with Crippen LogP contribution in [0.4, 0.5) is 15.9 Å². The third-order valence-electron chi connectivity index (χ3n) is 4.55. The molecular weight excluding hydrogens is 591 g/mol. The van der Waals surface area contributed by atoms with Gasteiger partial charge >= 0.3 is 5.97 Å². The van der Waals surface area contributed by atoms with Crippen molar-refractivity contribution in [3.8, 4) is 0 Å². The summed E-state index contributed by atoms with van der Waals surface area (Å²) in [5.74, 6) is -1.09. The number of hydrogen-bond donors (Lipinski definition) is 2. The zero-order chi connectivity index (χ0) is 26.8. The molecule has 2 aromatic heterocycles. The number of rotatable bonds is 11. The van der Waals surface area contributed by atoms with E-state index in [-0.39, 0.29) is 47.0 Å². The highest BCUT2D eigenvalue weighted by Crippen LogP contribution is 2.23. The molecule has 37 heavy (non-hydrogen) atoms. The molecule has 198 valence electrons. The maximum absolute atomic E-state index is 13.6. The Hall–Kier alpha value is -3.17. The Morgan fingerprint density at radius 1 is 1.30 bits per heavy atom. The quantitative estimate of drug-likeness (QED) is 0.138. The van der Waals surface area contributed by atoms with Crippen molar-refractivity contribution in [1.82, 2.24) is 15.8 Å². The van der Waals surface area contributed by atoms with E-state index >= 15 is 0 Å². The fraction of sp³-hybridized carbons (Fsp3) is 0.318. The Labute approximate surface area is 225 Å². The van der Waals surface area contributed by atoms with Crippen molar-refractivity contribution in [3.63, 3.8) is 0 Å². The molecule has 0 aliphatic rings. The summed E-state index contributed by atoms with van der Waals surface area (Å²) in [6, 6.07) is 7.75. The number of amidine groups is 1. The Balaban J connectivity index is 1.68. The lowest BCUT2D eigenvalue weighted by Crippen LogP contribution is -2.29. The zero-order valence-electron chi connectivity index (χ0n) is 19.9. The molecule has 3 rings (SSSR count). The zero-order valence-corrected chi connectivity index (χ0v) is 23.1. The van der Waals surface area contributed by atoms with Gasteiger partial charge in [-0.05, 0) is 76.3 Å². The molecule has 0 spiro atoms. The van der Waals surface area contributed by atoms with Gasteiger partial charge in [0, 0.05) is 22.7 Å². The van der Waals surface area contributed by atoms with Crippen molar-refractivity contribution in [3.05, 3.63) is 56.1 Å². The van der Waals surface area contributed by atoms with Crippen molar-refractivity contribution < 1.29 is 27.1 Å². The standard InChI is InChI=1S/C22H24BrFN6O5S2/c1-3-5-19(31)34-29-22(27-15-7-9-18(24)17(23)12-15)20-21(30-35-28-20)25-10-4-11-37(32,33)26-13-16-8-6-14(2)36-16/h6-9,12-13H,3-5,10-11H2,1-2H3,(H,25,30)(H,27,29). The van der Waals surface area contributed by atoms with Gasteiger partial charge in [-0.1, -0.05) is 6.92 Å². The van der Waals surface area contributed by atoms with Crippen LogP contribution < -0.4 is 10.8 Å². The fourth-order valence-corrected chi connectivity index (χ4v) is 4.87. The lowest BCUT2D eigenvalue weighted by molar-refractivity contribution is -0.147. The number of hydroxylamine groups is 1. The number of carbonyl (C=O) groups is 1. The van der Waals surface area contributed by atoms with Gasteiger partial charge in [-0.15, -0.1) is 11.3 Å². The van der Waals surface area contributed by atoms with Crippen LogP contribution in [0.2, 0.25) is 0 Å². The van der Waals surface area contributed by atoms with Gasteiger partial charge in [-0.3, -0.25) is 0 Å². The summed E-state index contributed by atoms with van der Waals surface area (Å²) in [5, 5.41) is 10.5. The van der Waals surface area contributed by atoms with Crippen LogP contribution in [0, 0.1) is 12.7 Å². The van der Waals surface area contributed by atoms with Gasteiger partial charge in [0.2, 0.25) is 5.82 Å². The van der Waals surface area contributed by atoms with E-state index in [1.165, 1.54) is 35.8 Å². The molecule has 0 saturated carbocycles. The number of halogens is 2. The molecule has 0 fully saturated rings. The fourth-order valence-electron chi connectivity index (χ4n) is 2.80. The van der Waals surface area contributed by atoms with E-state index in [0.717, 1.165) is 9.75 Å². The minimum Gasteiger partial charge on any atom is -0.365 e. The number of anilines is 1. The molecule has 11 nitrogen and oxygen atoms in total. The highest BCUT2D eigenvalue weighted by Gasteiger charge is 2.19. The number of carbonyl (C=O) groups excluding carboxylic acids is 1. The van der Waals surface area contributed by atoms with Crippen molar-refractivity contribution in [2.24, 2.45) is 9.39 Å². The van der Waals surface area contributed by atoms with Gasteiger partial charge in [0.25, 0.3) is 10.0 Å². The lowest BCUT2D eigenvalue weighted by Gasteiger charge is -2.09. The Morgan fingerprint density at radius 2 is 2.11 bits per heavy atom. The number of aromatic nitrogens is 2. The SMILES string of the molecule is CCCC(=O)ONC(=Nc1ccc(F)c(Br)c1)c1nonc1NCCCS(=O)(=O)N=Cc1ccc(C)s1. The molecule has 2 heterocycles. The monoisotopic (exact) mass is 614 g/mol. The molecule has 0 amide bonds. The molecule has 3 aromatic rings. The number of benzene rings is 1. The largest absolute Gasteiger partial charge is 0.365 e. The van der Waals surface area contributed by atoms with Crippen LogP contribution in [-0.2, 0) is 19.7 Å². The molecule has 2 N–H and O–H groups in total. The van der Waals surface area contributed by atoms with E-state index < -0.39 is 21.8 Å². The summed E-state index contributed by atoms with van der Waals surface area (Å²) in [7, 11) is -3.66. The van der Waals surface area contributed by atoms with Gasteiger partial charge in [0.05, 0.1) is 22.1 Å². The van der Waals surface area contributed by atoms with Crippen molar-refractivity contribution in [2.75, 3.05) is 17.6 Å². The van der Waals surface area contributed by atoms with Gasteiger partial charge in [-0.2, -0.15) is 9.88 Å². The Bertz CT molecular complexity index is 1390. The highest BCUT2D eigenvalue weighted by molar-refractivity contribution is 9.10. The topological polar surface area (TPSA) is 148 Å². The van der Waals surface area contributed by atoms with Crippen LogP contribution in [0.1, 0.15) is 41.6 Å². The third-order valence-corrected chi connectivity index (χ3v) is 7.32. The average molecular weight is 616 g/mol. The first-order valence-corrected chi connectivity index (χ1v) is 14.3. The van der Waals surface area contributed by atoms with E-state index in [1.807, 2.05) is 19.9 Å². The van der Waals surface area contributed by atoms with Gasteiger partial charge in [0.1, 0.15) is 5.82 Å². The number of aliphatic imine (C=N–C) groups is 1. The second-order valence-corrected chi connectivity index (χ2v) is 11.6. The predicted octanol–water partition coefficient (Wildman–Crippen LogP) is 4.52. The maximum atomic E-state index is 13.6. The second kappa shape index (κ2) is 13.4. The summed E-state index contributed by atoms with van der Waals surface area (Å²) in [6.07, 6.45) is 2.30. The molecule has 0 bridgehead atoms. The van der Waals surface area contributed by atoms with Crippen LogP contribution in [-0.4, -0.2) is 49.0 Å². The molecule has 0 unspecified atom stereocenters. The van der Waals surface area contributed by atoms with E-state index in [9.17, 15) is 17.6 Å². The molecule has 0 radical (unpaired) electrons. The smallest absolute Gasteiger partial charge is 0.332 e. The Kier molecular flexibility index (Phi) is 10.3. The molecule has 1 aromatic carbocycles. The number of thiophene rings is 1. The normalized spacial score (nSPS) is 12.2. The highest BCUT2D eigenvalue weighted by atomic mass is 79.9. The predicted molar refractivity (Wildman–Crippen MR) is 142 cm³/mol. The van der Waals surface area contributed by atoms with Crippen molar-refractivity contribution >= 4 is 66.8 Å². The van der Waals surface area contributed by atoms with E-state index in [0.29, 0.717) is 12.1 Å². The molecule has 0 saturated heterocycles. The Morgan fingerprint density at radius 3 is 2.81 bits per heavy atom. The summed E-state index contributed by atoms with van der Waals surface area (Å²) >= 11 is 4.55. The van der Waals surface area contributed by atoms with E-state index in [1.54, 1.807) is 6.07 Å². The number of nitrogens with one attached hydrogen (secondary N) is 2. The summed E-state index contributed by atoms with van der Waals surface area (Å²) in [4.78, 5) is 23.1. The summed E-state index contributed by atoms with van der Waals surface area (Å²) in [6.45, 7) is 3.94. The van der Waals surface area contributed by atoms with Crippen molar-refractivity contribution in [1.29, 1.82) is 0 Å². The summed E-state index contributed by atoms with van der Waals surface area (Å²) < 4.78 is 46.8. The number of aryl methyl sites for hydroxylation is 1. The van der Waals surface area contributed by atoms with E-state index in [4.69, 9.17) is 9.47 Å². The number of nitrogens with zero attached hydrogens (tertiary/aromatic N) is 4. The van der Waals surface area contributed by atoms with Crippen LogP contribution in [0.5, 0.6) is 0 Å². The summed E-state index contributed by atoms with van der Waals surface area (Å²) in [5.41, 5.74) is 2.84. The van der Waals surface area contributed by atoms with Crippen LogP contribution in [0.25, 0.3) is 0 Å². The molecule has 15 heteroatoms. The first kappa shape index (κ1) is 28.4. The molecule has 0 aliphatic carbocycles. The van der Waals surface area contributed by atoms with Gasteiger partial charge in [-0.25, -0.2) is 27.2 Å². The van der Waals surface area contributed by atoms with E-state index in [2.05, 4.69) is 46.4 Å². The van der Waals surface area contributed by atoms with Crippen molar-refractivity contribution in [2.45, 2.75) is 33.1 Å². The number of sulfonamides is 1. The molecule has 0 aliphatic heterocycles. The van der Waals surface area contributed by atoms with Crippen LogP contribution in [0.15, 0.2) is 48.8 Å². The minimum atomic E-state index is -3.66. The first-order chi connectivity index (χ1) is 17.7. The third kappa shape index (κ3) is 9.02. The van der Waals surface area contributed by atoms with Crippen LogP contribution in [0.3, 0.4) is 0 Å². The molecular formula is C22H24BrFN6O5S2. The second-order valence-electron chi connectivity index (χ2n) is 7.60. The van der Waals surface area contributed by atoms with Gasteiger partial charge < -0.3 is 10.2 Å². The number of hydrogen-bond acceptors (Lipinski definition) is 10. The maximum Gasteiger partial charge on any atom is 0.332 e. The van der Waals surface area contributed by atoms with Gasteiger partial charge in [0.15, 0.2) is 11.5 Å².